The molecular formula is C25H29N3O4S2. The number of ether oxygens (including phenoxy) is 1. The van der Waals surface area contributed by atoms with Crippen molar-refractivity contribution < 1.29 is 14.3 Å². The molecule has 9 heteroatoms. The van der Waals surface area contributed by atoms with Gasteiger partial charge in [0.1, 0.15) is 4.83 Å². The molecule has 34 heavy (non-hydrogen) atoms. The summed E-state index contributed by atoms with van der Waals surface area (Å²) >= 11 is 2.94. The van der Waals surface area contributed by atoms with Crippen LogP contribution in [-0.2, 0) is 35.5 Å². The summed E-state index contributed by atoms with van der Waals surface area (Å²) in [6, 6.07) is 6.93. The van der Waals surface area contributed by atoms with Crippen LogP contribution in [0.25, 0.3) is 10.2 Å². The van der Waals surface area contributed by atoms with Crippen molar-refractivity contribution in [2.45, 2.75) is 63.7 Å². The van der Waals surface area contributed by atoms with Gasteiger partial charge in [-0.15, -0.1) is 11.3 Å². The van der Waals surface area contributed by atoms with Crippen LogP contribution in [0.3, 0.4) is 0 Å². The van der Waals surface area contributed by atoms with Gasteiger partial charge < -0.3 is 10.1 Å². The van der Waals surface area contributed by atoms with E-state index in [9.17, 15) is 14.4 Å². The Labute approximate surface area is 206 Å². The monoisotopic (exact) mass is 499 g/mol. The summed E-state index contributed by atoms with van der Waals surface area (Å²) in [5.41, 5.74) is 2.58. The minimum absolute atomic E-state index is 0.0362. The lowest BCUT2D eigenvalue weighted by atomic mass is 10.1. The lowest BCUT2D eigenvalue weighted by molar-refractivity contribution is -0.118. The molecule has 0 fully saturated rings. The van der Waals surface area contributed by atoms with E-state index >= 15 is 0 Å². The quantitative estimate of drug-likeness (QED) is 0.193. The van der Waals surface area contributed by atoms with Gasteiger partial charge in [-0.3, -0.25) is 14.2 Å². The van der Waals surface area contributed by atoms with E-state index in [1.165, 1.54) is 29.3 Å². The van der Waals surface area contributed by atoms with Crippen molar-refractivity contribution in [3.63, 3.8) is 0 Å². The zero-order valence-corrected chi connectivity index (χ0v) is 21.2. The first-order valence-corrected chi connectivity index (χ1v) is 13.4. The molecule has 0 spiro atoms. The second kappa shape index (κ2) is 11.2. The van der Waals surface area contributed by atoms with Gasteiger partial charge >= 0.3 is 5.97 Å². The molecule has 0 saturated carbocycles. The van der Waals surface area contributed by atoms with Crippen LogP contribution in [0, 0.1) is 0 Å². The maximum absolute atomic E-state index is 13.4. The predicted molar refractivity (Wildman–Crippen MR) is 136 cm³/mol. The van der Waals surface area contributed by atoms with Gasteiger partial charge in [-0.25, -0.2) is 9.78 Å². The Balaban J connectivity index is 1.44. The van der Waals surface area contributed by atoms with Crippen molar-refractivity contribution in [2.24, 2.45) is 0 Å². The van der Waals surface area contributed by atoms with Gasteiger partial charge in [-0.05, 0) is 48.9 Å². The molecule has 1 aliphatic carbocycles. The SMILES string of the molecule is CCCCCn1c(SCC(=O)NCc2ccc(C(=O)OC)cc2)nc2sc3c(c2c1=O)CCC3. The topological polar surface area (TPSA) is 90.3 Å². The van der Waals surface area contributed by atoms with Crippen molar-refractivity contribution in [1.82, 2.24) is 14.9 Å². The van der Waals surface area contributed by atoms with E-state index < -0.39 is 5.97 Å². The van der Waals surface area contributed by atoms with Gasteiger partial charge in [0, 0.05) is 18.0 Å². The number of benzene rings is 1. The Morgan fingerprint density at radius 1 is 1.21 bits per heavy atom. The van der Waals surface area contributed by atoms with Crippen LogP contribution >= 0.6 is 23.1 Å². The number of esters is 1. The number of hydrogen-bond acceptors (Lipinski definition) is 7. The van der Waals surface area contributed by atoms with Gasteiger partial charge in [0.25, 0.3) is 5.56 Å². The highest BCUT2D eigenvalue weighted by atomic mass is 32.2. The van der Waals surface area contributed by atoms with E-state index in [0.29, 0.717) is 23.8 Å². The molecule has 7 nitrogen and oxygen atoms in total. The van der Waals surface area contributed by atoms with Crippen molar-refractivity contribution in [3.05, 3.63) is 56.2 Å². The third-order valence-corrected chi connectivity index (χ3v) is 8.13. The number of unbranched alkanes of at least 4 members (excludes halogenated alkanes) is 2. The van der Waals surface area contributed by atoms with E-state index in [-0.39, 0.29) is 17.2 Å². The number of nitrogens with zero attached hydrogens (tertiary/aromatic N) is 2. The Morgan fingerprint density at radius 3 is 2.74 bits per heavy atom. The first-order valence-electron chi connectivity index (χ1n) is 11.6. The Hall–Kier alpha value is -2.65. The molecule has 3 aromatic rings. The number of thioether (sulfide) groups is 1. The average molecular weight is 500 g/mol. The maximum Gasteiger partial charge on any atom is 0.337 e. The zero-order valence-electron chi connectivity index (χ0n) is 19.5. The standard InChI is InChI=1S/C25H29N3O4S2/c1-3-4-5-13-28-23(30)21-18-7-6-8-19(18)34-22(21)27-25(28)33-15-20(29)26-14-16-9-11-17(12-10-16)24(31)32-2/h9-12H,3-8,13-15H2,1-2H3,(H,26,29). The van der Waals surface area contributed by atoms with Gasteiger partial charge in [-0.2, -0.15) is 0 Å². The van der Waals surface area contributed by atoms with Gasteiger partial charge in [0.15, 0.2) is 5.16 Å². The molecule has 0 aliphatic heterocycles. The summed E-state index contributed by atoms with van der Waals surface area (Å²) in [4.78, 5) is 44.4. The molecule has 0 bridgehead atoms. The third-order valence-electron chi connectivity index (χ3n) is 5.97. The van der Waals surface area contributed by atoms with Crippen LogP contribution in [0.1, 0.15) is 59.0 Å². The van der Waals surface area contributed by atoms with E-state index in [2.05, 4.69) is 12.2 Å². The maximum atomic E-state index is 13.4. The molecule has 1 aliphatic rings. The number of carbonyl (C=O) groups is 2. The molecule has 2 aromatic heterocycles. The zero-order chi connectivity index (χ0) is 24.1. The van der Waals surface area contributed by atoms with E-state index in [4.69, 9.17) is 9.72 Å². The molecule has 0 unspecified atom stereocenters. The number of hydrogen-bond donors (Lipinski definition) is 1. The fraction of sp³-hybridized carbons (Fsp3) is 0.440. The van der Waals surface area contributed by atoms with Crippen molar-refractivity contribution in [3.8, 4) is 0 Å². The first kappa shape index (κ1) is 24.5. The fourth-order valence-electron chi connectivity index (χ4n) is 4.14. The van der Waals surface area contributed by atoms with Crippen molar-refractivity contribution in [1.29, 1.82) is 0 Å². The van der Waals surface area contributed by atoms with Crippen LogP contribution in [-0.4, -0.2) is 34.3 Å². The molecule has 1 N–H and O–H groups in total. The van der Waals surface area contributed by atoms with Crippen LogP contribution in [0.5, 0.6) is 0 Å². The predicted octanol–water partition coefficient (Wildman–Crippen LogP) is 4.33. The molecule has 0 radical (unpaired) electrons. The minimum atomic E-state index is -0.391. The lowest BCUT2D eigenvalue weighted by Gasteiger charge is -2.12. The average Bonchev–Trinajstić information content (AvgIpc) is 3.44. The van der Waals surface area contributed by atoms with Gasteiger partial charge in [0.05, 0.1) is 23.8 Å². The molecule has 0 saturated heterocycles. The number of thiophene rings is 1. The van der Waals surface area contributed by atoms with E-state index in [0.717, 1.165) is 54.3 Å². The van der Waals surface area contributed by atoms with Crippen molar-refractivity contribution >= 4 is 45.2 Å². The molecule has 1 amide bonds. The van der Waals surface area contributed by atoms with Crippen LogP contribution in [0.4, 0.5) is 0 Å². The molecule has 0 atom stereocenters. The molecule has 1 aromatic carbocycles. The van der Waals surface area contributed by atoms with E-state index in [1.807, 2.05) is 0 Å². The highest BCUT2D eigenvalue weighted by Gasteiger charge is 2.23. The largest absolute Gasteiger partial charge is 0.465 e. The van der Waals surface area contributed by atoms with Crippen LogP contribution < -0.4 is 10.9 Å². The van der Waals surface area contributed by atoms with Gasteiger partial charge in [-0.1, -0.05) is 43.7 Å². The summed E-state index contributed by atoms with van der Waals surface area (Å²) in [7, 11) is 1.34. The highest BCUT2D eigenvalue weighted by Crippen LogP contribution is 2.35. The molecule has 4 rings (SSSR count). The Morgan fingerprint density at radius 2 is 2.00 bits per heavy atom. The molecule has 180 valence electrons. The number of fused-ring (bicyclic) bond motifs is 3. The number of aromatic nitrogens is 2. The summed E-state index contributed by atoms with van der Waals surface area (Å²) in [5.74, 6) is -0.348. The number of methoxy groups -OCH3 is 1. The number of carbonyl (C=O) groups excluding carboxylic acids is 2. The fourth-order valence-corrected chi connectivity index (χ4v) is 6.30. The van der Waals surface area contributed by atoms with Crippen LogP contribution in [0.2, 0.25) is 0 Å². The number of rotatable bonds is 10. The summed E-state index contributed by atoms with van der Waals surface area (Å²) in [6.07, 6.45) is 6.12. The third kappa shape index (κ3) is 5.36. The first-order chi connectivity index (χ1) is 16.5. The second-order valence-corrected chi connectivity index (χ2v) is 10.4. The highest BCUT2D eigenvalue weighted by molar-refractivity contribution is 7.99. The summed E-state index contributed by atoms with van der Waals surface area (Å²) in [6.45, 7) is 3.12. The Bertz CT molecular complexity index is 1250. The second-order valence-electron chi connectivity index (χ2n) is 8.35. The minimum Gasteiger partial charge on any atom is -0.465 e. The Kier molecular flexibility index (Phi) is 8.05. The molecule has 2 heterocycles. The van der Waals surface area contributed by atoms with Crippen LogP contribution in [0.15, 0.2) is 34.2 Å². The smallest absolute Gasteiger partial charge is 0.337 e. The number of nitrogens with one attached hydrogen (secondary N) is 1. The summed E-state index contributed by atoms with van der Waals surface area (Å²) < 4.78 is 6.47. The number of amides is 1. The lowest BCUT2D eigenvalue weighted by Crippen LogP contribution is -2.27. The molecular weight excluding hydrogens is 470 g/mol. The van der Waals surface area contributed by atoms with Gasteiger partial charge in [0.2, 0.25) is 5.91 Å². The normalized spacial score (nSPS) is 12.6. The summed E-state index contributed by atoms with van der Waals surface area (Å²) in [5, 5.41) is 4.31. The number of aryl methyl sites for hydroxylation is 2. The van der Waals surface area contributed by atoms with E-state index in [1.54, 1.807) is 40.2 Å². The van der Waals surface area contributed by atoms with Crippen molar-refractivity contribution in [2.75, 3.05) is 12.9 Å².